The molecule has 1 saturated heterocycles. The number of rotatable bonds is 6. The number of nitrogens with zero attached hydrogens (tertiary/aromatic N) is 5. The topological polar surface area (TPSA) is 58.9 Å². The minimum Gasteiger partial charge on any atom is -0.347 e. The van der Waals surface area contributed by atoms with Crippen molar-refractivity contribution in [3.63, 3.8) is 0 Å². The molecule has 3 heterocycles. The van der Waals surface area contributed by atoms with Crippen LogP contribution < -0.4 is 10.2 Å². The van der Waals surface area contributed by atoms with Crippen molar-refractivity contribution in [2.75, 3.05) is 18.0 Å². The van der Waals surface area contributed by atoms with E-state index in [0.717, 1.165) is 48.1 Å². The van der Waals surface area contributed by atoms with E-state index in [4.69, 9.17) is 0 Å². The Morgan fingerprint density at radius 1 is 1.15 bits per heavy atom. The zero-order chi connectivity index (χ0) is 18.6. The van der Waals surface area contributed by atoms with Gasteiger partial charge in [0.05, 0.1) is 5.69 Å². The van der Waals surface area contributed by atoms with E-state index in [1.807, 2.05) is 36.1 Å². The molecule has 4 rings (SSSR count). The van der Waals surface area contributed by atoms with Crippen LogP contribution in [0.15, 0.2) is 42.6 Å². The first-order valence-electron chi connectivity index (χ1n) is 9.62. The Labute approximate surface area is 164 Å². The summed E-state index contributed by atoms with van der Waals surface area (Å²) in [5, 5.41) is 19.0. The first-order chi connectivity index (χ1) is 13.2. The maximum Gasteiger partial charge on any atom is 0.208 e. The van der Waals surface area contributed by atoms with Gasteiger partial charge in [-0.3, -0.25) is 4.68 Å². The van der Waals surface area contributed by atoms with Crippen molar-refractivity contribution in [2.45, 2.75) is 38.3 Å². The molecule has 0 saturated carbocycles. The van der Waals surface area contributed by atoms with Gasteiger partial charge in [-0.05, 0) is 25.3 Å². The number of hydrogen-bond donors (Lipinski definition) is 1. The van der Waals surface area contributed by atoms with Crippen LogP contribution in [0.25, 0.3) is 10.6 Å². The largest absolute Gasteiger partial charge is 0.347 e. The lowest BCUT2D eigenvalue weighted by Gasteiger charge is -2.34. The summed E-state index contributed by atoms with van der Waals surface area (Å²) in [6, 6.07) is 13.3. The number of hydrogen-bond acceptors (Lipinski definition) is 6. The van der Waals surface area contributed by atoms with Crippen molar-refractivity contribution in [2.24, 2.45) is 7.05 Å². The molecule has 1 atom stereocenters. The molecule has 0 bridgehead atoms. The van der Waals surface area contributed by atoms with Crippen LogP contribution >= 0.6 is 11.3 Å². The summed E-state index contributed by atoms with van der Waals surface area (Å²) < 4.78 is 1.97. The molecule has 1 N–H and O–H groups in total. The number of aromatic nitrogens is 4. The van der Waals surface area contributed by atoms with Crippen LogP contribution in [0.5, 0.6) is 0 Å². The van der Waals surface area contributed by atoms with Crippen LogP contribution in [0, 0.1) is 0 Å². The second-order valence-corrected chi connectivity index (χ2v) is 7.98. The minimum atomic E-state index is 0.361. The molecule has 1 aromatic carbocycles. The fraction of sp³-hybridized carbons (Fsp3) is 0.450. The van der Waals surface area contributed by atoms with Crippen molar-refractivity contribution in [3.05, 3.63) is 48.3 Å². The highest BCUT2D eigenvalue weighted by molar-refractivity contribution is 7.18. The average Bonchev–Trinajstić information content (AvgIpc) is 3.37. The second kappa shape index (κ2) is 8.19. The van der Waals surface area contributed by atoms with E-state index in [2.05, 4.69) is 50.6 Å². The third-order valence-corrected chi connectivity index (χ3v) is 6.29. The predicted molar refractivity (Wildman–Crippen MR) is 110 cm³/mol. The van der Waals surface area contributed by atoms with Gasteiger partial charge in [-0.15, -0.1) is 10.2 Å². The van der Waals surface area contributed by atoms with Crippen LogP contribution in [-0.2, 0) is 7.05 Å². The molecule has 0 radical (unpaired) electrons. The van der Waals surface area contributed by atoms with Gasteiger partial charge in [0.15, 0.2) is 0 Å². The van der Waals surface area contributed by atoms with E-state index in [9.17, 15) is 0 Å². The SMILES string of the molecule is CC[C@H](NC1CCN(c2nnc(-c3ccccc3)s2)CC1)c1ccnn1C. The smallest absolute Gasteiger partial charge is 0.208 e. The number of aryl methyl sites for hydroxylation is 1. The first kappa shape index (κ1) is 18.1. The molecule has 0 aliphatic carbocycles. The van der Waals surface area contributed by atoms with E-state index in [1.165, 1.54) is 5.69 Å². The van der Waals surface area contributed by atoms with Crippen molar-refractivity contribution in [3.8, 4) is 10.6 Å². The van der Waals surface area contributed by atoms with Crippen molar-refractivity contribution in [1.82, 2.24) is 25.3 Å². The normalized spacial score (nSPS) is 16.6. The van der Waals surface area contributed by atoms with E-state index in [-0.39, 0.29) is 0 Å². The molecule has 142 valence electrons. The van der Waals surface area contributed by atoms with Gasteiger partial charge >= 0.3 is 0 Å². The van der Waals surface area contributed by atoms with Gasteiger partial charge in [-0.2, -0.15) is 5.10 Å². The molecule has 1 aliphatic rings. The number of piperidine rings is 1. The lowest BCUT2D eigenvalue weighted by atomic mass is 10.0. The number of anilines is 1. The highest BCUT2D eigenvalue weighted by Gasteiger charge is 2.24. The van der Waals surface area contributed by atoms with E-state index < -0.39 is 0 Å². The molecule has 6 nitrogen and oxygen atoms in total. The monoisotopic (exact) mass is 382 g/mol. The summed E-state index contributed by atoms with van der Waals surface area (Å²) in [5.74, 6) is 0. The fourth-order valence-electron chi connectivity index (χ4n) is 3.70. The molecular weight excluding hydrogens is 356 g/mol. The quantitative estimate of drug-likeness (QED) is 0.705. The Balaban J connectivity index is 1.35. The van der Waals surface area contributed by atoms with Gasteiger partial charge in [0.2, 0.25) is 5.13 Å². The van der Waals surface area contributed by atoms with Crippen LogP contribution in [0.3, 0.4) is 0 Å². The minimum absolute atomic E-state index is 0.361. The van der Waals surface area contributed by atoms with Gasteiger partial charge in [0.1, 0.15) is 5.01 Å². The fourth-order valence-corrected chi connectivity index (χ4v) is 4.60. The summed E-state index contributed by atoms with van der Waals surface area (Å²) in [6.07, 6.45) is 5.18. The van der Waals surface area contributed by atoms with Crippen LogP contribution in [0.1, 0.15) is 37.9 Å². The first-order valence-corrected chi connectivity index (χ1v) is 10.4. The van der Waals surface area contributed by atoms with Crippen molar-refractivity contribution < 1.29 is 0 Å². The molecule has 3 aromatic rings. The maximum atomic E-state index is 4.43. The zero-order valence-electron chi connectivity index (χ0n) is 15.9. The molecule has 1 fully saturated rings. The van der Waals surface area contributed by atoms with Crippen LogP contribution in [-0.4, -0.2) is 39.1 Å². The highest BCUT2D eigenvalue weighted by atomic mass is 32.1. The summed E-state index contributed by atoms with van der Waals surface area (Å²) in [5.41, 5.74) is 2.40. The molecule has 0 unspecified atom stereocenters. The Morgan fingerprint density at radius 2 is 1.93 bits per heavy atom. The standard InChI is InChI=1S/C20H26N6S/c1-3-17(18-9-12-21-25(18)2)22-16-10-13-26(14-11-16)20-24-23-19(27-20)15-7-5-4-6-8-15/h4-9,12,16-17,22H,3,10-11,13-14H2,1-2H3/t17-/m0/s1. The van der Waals surface area contributed by atoms with E-state index >= 15 is 0 Å². The Hall–Kier alpha value is -2.25. The van der Waals surface area contributed by atoms with Crippen molar-refractivity contribution >= 4 is 16.5 Å². The predicted octanol–water partition coefficient (Wildman–Crippen LogP) is 3.65. The molecule has 0 spiro atoms. The number of benzene rings is 1. The van der Waals surface area contributed by atoms with Crippen molar-refractivity contribution in [1.29, 1.82) is 0 Å². The van der Waals surface area contributed by atoms with Gasteiger partial charge in [0, 0.05) is 44.0 Å². The summed E-state index contributed by atoms with van der Waals surface area (Å²) in [6.45, 7) is 4.26. The third kappa shape index (κ3) is 4.04. The van der Waals surface area contributed by atoms with Crippen LogP contribution in [0.4, 0.5) is 5.13 Å². The van der Waals surface area contributed by atoms with Gasteiger partial charge in [0.25, 0.3) is 0 Å². The van der Waals surface area contributed by atoms with E-state index in [0.29, 0.717) is 12.1 Å². The molecule has 1 aliphatic heterocycles. The molecule has 7 heteroatoms. The maximum absolute atomic E-state index is 4.43. The summed E-state index contributed by atoms with van der Waals surface area (Å²) in [4.78, 5) is 2.37. The average molecular weight is 383 g/mol. The lowest BCUT2D eigenvalue weighted by Crippen LogP contribution is -2.44. The summed E-state index contributed by atoms with van der Waals surface area (Å²) >= 11 is 1.68. The Morgan fingerprint density at radius 3 is 2.59 bits per heavy atom. The molecule has 27 heavy (non-hydrogen) atoms. The van der Waals surface area contributed by atoms with Gasteiger partial charge in [-0.25, -0.2) is 0 Å². The number of nitrogens with one attached hydrogen (secondary N) is 1. The molecule has 2 aromatic heterocycles. The second-order valence-electron chi connectivity index (χ2n) is 7.02. The van der Waals surface area contributed by atoms with E-state index in [1.54, 1.807) is 11.3 Å². The van der Waals surface area contributed by atoms with Gasteiger partial charge < -0.3 is 10.2 Å². The highest BCUT2D eigenvalue weighted by Crippen LogP contribution is 2.30. The lowest BCUT2D eigenvalue weighted by molar-refractivity contribution is 0.354. The summed E-state index contributed by atoms with van der Waals surface area (Å²) in [7, 11) is 2.02. The third-order valence-electron chi connectivity index (χ3n) is 5.26. The zero-order valence-corrected chi connectivity index (χ0v) is 16.7. The van der Waals surface area contributed by atoms with Gasteiger partial charge in [-0.1, -0.05) is 48.6 Å². The Bertz CT molecular complexity index is 850. The molecule has 0 amide bonds. The van der Waals surface area contributed by atoms with Crippen LogP contribution in [0.2, 0.25) is 0 Å². The molecular formula is C20H26N6S. The Kier molecular flexibility index (Phi) is 5.50.